The molecular formula is C19H24N2O. The van der Waals surface area contributed by atoms with Crippen molar-refractivity contribution in [3.8, 4) is 0 Å². The maximum Gasteiger partial charge on any atom is 0.211 e. The zero-order valence-electron chi connectivity index (χ0n) is 13.2. The van der Waals surface area contributed by atoms with Gasteiger partial charge >= 0.3 is 0 Å². The molecule has 0 atom stereocenters. The molecule has 0 unspecified atom stereocenters. The Labute approximate surface area is 133 Å². The van der Waals surface area contributed by atoms with Gasteiger partial charge in [-0.25, -0.2) is 0 Å². The number of carbonyl (C=O) groups excluding carboxylic acids is 1. The van der Waals surface area contributed by atoms with Crippen LogP contribution in [0, 0.1) is 0 Å². The molecule has 0 aliphatic carbocycles. The molecule has 0 saturated carbocycles. The van der Waals surface area contributed by atoms with Crippen LogP contribution in [0.5, 0.6) is 0 Å². The molecule has 2 aromatic rings. The number of nitrogens with one attached hydrogen (secondary N) is 1. The second-order valence-electron chi connectivity index (χ2n) is 5.38. The zero-order valence-corrected chi connectivity index (χ0v) is 13.2. The fraction of sp³-hybridized carbons (Fsp3) is 0.316. The van der Waals surface area contributed by atoms with Crippen molar-refractivity contribution in [2.45, 2.75) is 19.8 Å². The van der Waals surface area contributed by atoms with E-state index in [9.17, 15) is 4.79 Å². The number of amides is 1. The predicted molar refractivity (Wildman–Crippen MR) is 92.1 cm³/mol. The van der Waals surface area contributed by atoms with Crippen molar-refractivity contribution in [2.24, 2.45) is 0 Å². The number of benzene rings is 2. The van der Waals surface area contributed by atoms with Crippen LogP contribution in [0.15, 0.2) is 54.6 Å². The lowest BCUT2D eigenvalue weighted by molar-refractivity contribution is -0.105. The quantitative estimate of drug-likeness (QED) is 0.720. The van der Waals surface area contributed by atoms with Gasteiger partial charge in [0.25, 0.3) is 0 Å². The van der Waals surface area contributed by atoms with Gasteiger partial charge in [-0.3, -0.25) is 4.79 Å². The highest BCUT2D eigenvalue weighted by Crippen LogP contribution is 2.11. The second-order valence-corrected chi connectivity index (χ2v) is 5.38. The molecule has 22 heavy (non-hydrogen) atoms. The Hall–Kier alpha value is -2.13. The molecule has 3 nitrogen and oxygen atoms in total. The second kappa shape index (κ2) is 9.00. The molecule has 1 N–H and O–H groups in total. The van der Waals surface area contributed by atoms with Crippen LogP contribution in [0.2, 0.25) is 0 Å². The summed E-state index contributed by atoms with van der Waals surface area (Å²) < 4.78 is 0. The summed E-state index contributed by atoms with van der Waals surface area (Å²) in [5.74, 6) is 0. The number of likely N-dealkylation sites (N-methyl/N-ethyl adjacent to an activating group) is 1. The van der Waals surface area contributed by atoms with Gasteiger partial charge in [0.05, 0.1) is 0 Å². The monoisotopic (exact) mass is 296 g/mol. The van der Waals surface area contributed by atoms with Gasteiger partial charge in [-0.1, -0.05) is 49.4 Å². The Morgan fingerprint density at radius 3 is 2.32 bits per heavy atom. The summed E-state index contributed by atoms with van der Waals surface area (Å²) in [5.41, 5.74) is 3.50. The van der Waals surface area contributed by atoms with E-state index in [1.807, 2.05) is 18.2 Å². The average molecular weight is 296 g/mol. The lowest BCUT2D eigenvalue weighted by atomic mass is 10.1. The minimum atomic E-state index is 0.720. The normalized spacial score (nSPS) is 10.6. The van der Waals surface area contributed by atoms with Crippen molar-refractivity contribution < 1.29 is 4.79 Å². The van der Waals surface area contributed by atoms with Gasteiger partial charge in [0, 0.05) is 18.8 Å². The van der Waals surface area contributed by atoms with E-state index in [1.165, 1.54) is 11.1 Å². The van der Waals surface area contributed by atoms with Crippen molar-refractivity contribution >= 4 is 12.1 Å². The van der Waals surface area contributed by atoms with E-state index >= 15 is 0 Å². The van der Waals surface area contributed by atoms with Crippen molar-refractivity contribution in [1.29, 1.82) is 0 Å². The number of nitrogens with zero attached hydrogens (tertiary/aromatic N) is 1. The van der Waals surface area contributed by atoms with Crippen molar-refractivity contribution in [2.75, 3.05) is 25.0 Å². The van der Waals surface area contributed by atoms with E-state index in [0.29, 0.717) is 0 Å². The van der Waals surface area contributed by atoms with Crippen LogP contribution in [0.1, 0.15) is 18.1 Å². The first-order valence-corrected chi connectivity index (χ1v) is 7.87. The predicted octanol–water partition coefficient (Wildman–Crippen LogP) is 3.36. The average Bonchev–Trinajstić information content (AvgIpc) is 2.57. The molecular weight excluding hydrogens is 272 g/mol. The summed E-state index contributed by atoms with van der Waals surface area (Å²) in [4.78, 5) is 13.0. The SMILES string of the molecule is CCN(CCc1ccccc1)CCc1cccc(NC=O)c1. The van der Waals surface area contributed by atoms with Gasteiger partial charge in [0.2, 0.25) is 6.41 Å². The first-order valence-electron chi connectivity index (χ1n) is 7.87. The highest BCUT2D eigenvalue weighted by atomic mass is 16.1. The van der Waals surface area contributed by atoms with Crippen molar-refractivity contribution in [3.63, 3.8) is 0 Å². The Bertz CT molecular complexity index is 569. The van der Waals surface area contributed by atoms with Crippen LogP contribution in [0.3, 0.4) is 0 Å². The molecule has 0 aromatic heterocycles. The van der Waals surface area contributed by atoms with Crippen LogP contribution >= 0.6 is 0 Å². The molecule has 0 aliphatic rings. The highest BCUT2D eigenvalue weighted by Gasteiger charge is 2.04. The molecule has 1 amide bonds. The molecule has 0 aliphatic heterocycles. The Morgan fingerprint density at radius 1 is 0.955 bits per heavy atom. The van der Waals surface area contributed by atoms with Crippen molar-refractivity contribution in [1.82, 2.24) is 4.90 Å². The number of rotatable bonds is 9. The molecule has 0 heterocycles. The lowest BCUT2D eigenvalue weighted by Crippen LogP contribution is -2.28. The third-order valence-corrected chi connectivity index (χ3v) is 3.88. The largest absolute Gasteiger partial charge is 0.329 e. The minimum Gasteiger partial charge on any atom is -0.329 e. The van der Waals surface area contributed by atoms with E-state index in [4.69, 9.17) is 0 Å². The highest BCUT2D eigenvalue weighted by molar-refractivity contribution is 5.71. The first kappa shape index (κ1) is 16.2. The smallest absolute Gasteiger partial charge is 0.211 e. The van der Waals surface area contributed by atoms with Gasteiger partial charge in [0.15, 0.2) is 0 Å². The fourth-order valence-electron chi connectivity index (χ4n) is 2.53. The van der Waals surface area contributed by atoms with Gasteiger partial charge in [-0.05, 0) is 42.6 Å². The van der Waals surface area contributed by atoms with Crippen LogP contribution in [-0.2, 0) is 17.6 Å². The van der Waals surface area contributed by atoms with Crippen LogP contribution in [-0.4, -0.2) is 30.9 Å². The van der Waals surface area contributed by atoms with Crippen LogP contribution < -0.4 is 5.32 Å². The van der Waals surface area contributed by atoms with Crippen LogP contribution in [0.25, 0.3) is 0 Å². The number of anilines is 1. The lowest BCUT2D eigenvalue weighted by Gasteiger charge is -2.20. The van der Waals surface area contributed by atoms with Gasteiger partial charge in [0.1, 0.15) is 0 Å². The zero-order chi connectivity index (χ0) is 15.6. The summed E-state index contributed by atoms with van der Waals surface area (Å²) >= 11 is 0. The maximum atomic E-state index is 10.5. The van der Waals surface area contributed by atoms with E-state index in [0.717, 1.165) is 44.6 Å². The summed E-state index contributed by atoms with van der Waals surface area (Å²) in [6.45, 7) is 5.37. The minimum absolute atomic E-state index is 0.720. The van der Waals surface area contributed by atoms with E-state index in [2.05, 4.69) is 53.5 Å². The summed E-state index contributed by atoms with van der Waals surface area (Å²) in [5, 5.41) is 2.70. The third kappa shape index (κ3) is 5.34. The van der Waals surface area contributed by atoms with E-state index in [1.54, 1.807) is 0 Å². The molecule has 0 radical (unpaired) electrons. The summed E-state index contributed by atoms with van der Waals surface area (Å²) in [6.07, 6.45) is 2.80. The molecule has 0 fully saturated rings. The Balaban J connectivity index is 1.82. The third-order valence-electron chi connectivity index (χ3n) is 3.88. The van der Waals surface area contributed by atoms with E-state index < -0.39 is 0 Å². The number of hydrogen-bond acceptors (Lipinski definition) is 2. The fourth-order valence-corrected chi connectivity index (χ4v) is 2.53. The first-order chi connectivity index (χ1) is 10.8. The molecule has 0 spiro atoms. The van der Waals surface area contributed by atoms with Gasteiger partial charge in [-0.2, -0.15) is 0 Å². The molecule has 2 aromatic carbocycles. The topological polar surface area (TPSA) is 32.3 Å². The Morgan fingerprint density at radius 2 is 1.64 bits per heavy atom. The standard InChI is InChI=1S/C19H24N2O/c1-2-21(13-11-17-7-4-3-5-8-17)14-12-18-9-6-10-19(15-18)20-16-22/h3-10,15-16H,2,11-14H2,1H3,(H,20,22). The molecule has 0 saturated heterocycles. The summed E-state index contributed by atoms with van der Waals surface area (Å²) in [6, 6.07) is 18.7. The van der Waals surface area contributed by atoms with E-state index in [-0.39, 0.29) is 0 Å². The van der Waals surface area contributed by atoms with Crippen LogP contribution in [0.4, 0.5) is 5.69 Å². The molecule has 2 rings (SSSR count). The van der Waals surface area contributed by atoms with Gasteiger partial charge < -0.3 is 10.2 Å². The molecule has 3 heteroatoms. The van der Waals surface area contributed by atoms with Gasteiger partial charge in [-0.15, -0.1) is 0 Å². The number of hydrogen-bond donors (Lipinski definition) is 1. The van der Waals surface area contributed by atoms with Crippen molar-refractivity contribution in [3.05, 3.63) is 65.7 Å². The molecule has 116 valence electrons. The Kier molecular flexibility index (Phi) is 6.65. The summed E-state index contributed by atoms with van der Waals surface area (Å²) in [7, 11) is 0. The maximum absolute atomic E-state index is 10.5. The molecule has 0 bridgehead atoms. The number of carbonyl (C=O) groups is 1.